The Morgan fingerprint density at radius 2 is 2.12 bits per heavy atom. The molecule has 0 unspecified atom stereocenters. The predicted octanol–water partition coefficient (Wildman–Crippen LogP) is 4.28. The van der Waals surface area contributed by atoms with Crippen LogP contribution in [0.5, 0.6) is 0 Å². The molecule has 0 saturated carbocycles. The summed E-state index contributed by atoms with van der Waals surface area (Å²) >= 11 is 6.04. The van der Waals surface area contributed by atoms with Crippen LogP contribution in [0.1, 0.15) is 22.5 Å². The van der Waals surface area contributed by atoms with Gasteiger partial charge in [-0.2, -0.15) is 13.2 Å². The SMILES string of the molecule is CCNC(=NCc1ccc(Br)s1)NCCc1nc(C(F)(F)F)cs1. The Kier molecular flexibility index (Phi) is 7.05. The quantitative estimate of drug-likeness (QED) is 0.520. The van der Waals surface area contributed by atoms with Crippen LogP contribution in [-0.2, 0) is 19.1 Å². The normalized spacial score (nSPS) is 12.5. The molecule has 2 N–H and O–H groups in total. The van der Waals surface area contributed by atoms with E-state index in [0.29, 0.717) is 37.0 Å². The smallest absolute Gasteiger partial charge is 0.357 e. The number of rotatable bonds is 6. The molecular weight excluding hydrogens is 425 g/mol. The third-order valence-corrected chi connectivity index (χ3v) is 5.36. The zero-order valence-corrected chi connectivity index (χ0v) is 16.0. The number of thiazole rings is 1. The maximum absolute atomic E-state index is 12.5. The molecule has 0 aliphatic rings. The average molecular weight is 441 g/mol. The minimum atomic E-state index is -4.38. The van der Waals surface area contributed by atoms with Crippen molar-refractivity contribution in [3.05, 3.63) is 36.9 Å². The van der Waals surface area contributed by atoms with E-state index in [-0.39, 0.29) is 0 Å². The number of nitrogens with zero attached hydrogens (tertiary/aromatic N) is 2. The number of halogens is 4. The van der Waals surface area contributed by atoms with Crippen molar-refractivity contribution in [2.45, 2.75) is 26.1 Å². The van der Waals surface area contributed by atoms with Gasteiger partial charge in [-0.25, -0.2) is 9.98 Å². The van der Waals surface area contributed by atoms with E-state index in [2.05, 4.69) is 36.5 Å². The summed E-state index contributed by atoms with van der Waals surface area (Å²) in [5.41, 5.74) is -0.827. The van der Waals surface area contributed by atoms with Crippen molar-refractivity contribution >= 4 is 44.6 Å². The van der Waals surface area contributed by atoms with Crippen LogP contribution >= 0.6 is 38.6 Å². The van der Waals surface area contributed by atoms with Crippen molar-refractivity contribution in [2.75, 3.05) is 13.1 Å². The summed E-state index contributed by atoms with van der Waals surface area (Å²) in [6.45, 7) is 3.66. The molecule has 0 spiro atoms. The second kappa shape index (κ2) is 8.82. The fraction of sp³-hybridized carbons (Fsp3) is 0.429. The van der Waals surface area contributed by atoms with Gasteiger partial charge >= 0.3 is 6.18 Å². The molecule has 0 bridgehead atoms. The van der Waals surface area contributed by atoms with Gasteiger partial charge in [-0.3, -0.25) is 0 Å². The lowest BCUT2D eigenvalue weighted by atomic mass is 10.4. The lowest BCUT2D eigenvalue weighted by Crippen LogP contribution is -2.38. The van der Waals surface area contributed by atoms with Gasteiger partial charge < -0.3 is 10.6 Å². The van der Waals surface area contributed by atoms with Crippen LogP contribution in [-0.4, -0.2) is 24.0 Å². The highest BCUT2D eigenvalue weighted by molar-refractivity contribution is 9.11. The highest BCUT2D eigenvalue weighted by atomic mass is 79.9. The summed E-state index contributed by atoms with van der Waals surface area (Å²) in [4.78, 5) is 9.19. The van der Waals surface area contributed by atoms with Crippen molar-refractivity contribution in [1.82, 2.24) is 15.6 Å². The second-order valence-corrected chi connectivity index (χ2v) is 8.19. The molecule has 0 aromatic carbocycles. The monoisotopic (exact) mass is 440 g/mol. The van der Waals surface area contributed by atoms with Crippen LogP contribution in [0.3, 0.4) is 0 Å². The third-order valence-electron chi connectivity index (χ3n) is 2.84. The Morgan fingerprint density at radius 1 is 1.33 bits per heavy atom. The van der Waals surface area contributed by atoms with E-state index in [4.69, 9.17) is 0 Å². The van der Waals surface area contributed by atoms with E-state index < -0.39 is 11.9 Å². The maximum atomic E-state index is 12.5. The molecule has 0 aliphatic heterocycles. The largest absolute Gasteiger partial charge is 0.434 e. The van der Waals surface area contributed by atoms with Crippen LogP contribution < -0.4 is 10.6 Å². The van der Waals surface area contributed by atoms with Crippen LogP contribution in [0.4, 0.5) is 13.2 Å². The Hall–Kier alpha value is -1.13. The number of hydrogen-bond acceptors (Lipinski definition) is 4. The predicted molar refractivity (Wildman–Crippen MR) is 95.7 cm³/mol. The number of nitrogens with one attached hydrogen (secondary N) is 2. The summed E-state index contributed by atoms with van der Waals surface area (Å²) in [7, 11) is 0. The molecule has 10 heteroatoms. The molecule has 2 aromatic rings. The van der Waals surface area contributed by atoms with Crippen molar-refractivity contribution in [3.8, 4) is 0 Å². The molecule has 132 valence electrons. The van der Waals surface area contributed by atoms with Crippen LogP contribution in [0.25, 0.3) is 0 Å². The molecule has 24 heavy (non-hydrogen) atoms. The molecule has 4 nitrogen and oxygen atoms in total. The van der Waals surface area contributed by atoms with Crippen molar-refractivity contribution < 1.29 is 13.2 Å². The molecule has 0 amide bonds. The zero-order chi connectivity index (χ0) is 17.6. The Morgan fingerprint density at radius 3 is 2.71 bits per heavy atom. The Balaban J connectivity index is 1.85. The molecule has 2 rings (SSSR count). The van der Waals surface area contributed by atoms with Gasteiger partial charge in [0.15, 0.2) is 11.7 Å². The highest BCUT2D eigenvalue weighted by Crippen LogP contribution is 2.30. The molecule has 0 fully saturated rings. The standard InChI is InChI=1S/C14H16BrF3N4S2/c1-2-19-13(21-7-9-3-4-11(15)24-9)20-6-5-12-22-10(8-23-12)14(16,17)18/h3-4,8H,2,5-7H2,1H3,(H2,19,20,21). The first-order valence-electron chi connectivity index (χ1n) is 7.16. The number of thiophene rings is 1. The number of guanidine groups is 1. The average Bonchev–Trinajstić information content (AvgIpc) is 3.13. The summed E-state index contributed by atoms with van der Waals surface area (Å²) in [6.07, 6.45) is -3.97. The highest BCUT2D eigenvalue weighted by Gasteiger charge is 2.33. The van der Waals surface area contributed by atoms with Gasteiger partial charge in [0, 0.05) is 29.8 Å². The molecule has 0 aliphatic carbocycles. The number of hydrogen-bond donors (Lipinski definition) is 2. The first-order chi connectivity index (χ1) is 11.4. The van der Waals surface area contributed by atoms with Crippen molar-refractivity contribution in [2.24, 2.45) is 4.99 Å². The van der Waals surface area contributed by atoms with Crippen molar-refractivity contribution in [3.63, 3.8) is 0 Å². The first-order valence-corrected chi connectivity index (χ1v) is 9.65. The van der Waals surface area contributed by atoms with E-state index >= 15 is 0 Å². The molecule has 2 aromatic heterocycles. The van der Waals surface area contributed by atoms with Gasteiger partial charge in [-0.1, -0.05) is 0 Å². The third kappa shape index (κ3) is 6.06. The Labute approximate surface area is 154 Å². The van der Waals surface area contributed by atoms with Crippen molar-refractivity contribution in [1.29, 1.82) is 0 Å². The lowest BCUT2D eigenvalue weighted by Gasteiger charge is -2.10. The zero-order valence-electron chi connectivity index (χ0n) is 12.8. The summed E-state index contributed by atoms with van der Waals surface area (Å²) in [6, 6.07) is 3.96. The number of aliphatic imine (C=N–C) groups is 1. The van der Waals surface area contributed by atoms with Gasteiger partial charge in [-0.15, -0.1) is 22.7 Å². The first kappa shape index (κ1) is 19.2. The molecular formula is C14H16BrF3N4S2. The summed E-state index contributed by atoms with van der Waals surface area (Å²) < 4.78 is 38.6. The van der Waals surface area contributed by atoms with Gasteiger partial charge in [-0.05, 0) is 35.0 Å². The topological polar surface area (TPSA) is 49.3 Å². The number of aromatic nitrogens is 1. The van der Waals surface area contributed by atoms with E-state index in [1.54, 1.807) is 11.3 Å². The van der Waals surface area contributed by atoms with Gasteiger partial charge in [0.1, 0.15) is 0 Å². The molecule has 2 heterocycles. The van der Waals surface area contributed by atoms with E-state index in [1.165, 1.54) is 0 Å². The Bertz CT molecular complexity index is 682. The minimum Gasteiger partial charge on any atom is -0.357 e. The molecule has 0 atom stereocenters. The van der Waals surface area contributed by atoms with E-state index in [0.717, 1.165) is 25.4 Å². The fourth-order valence-corrected chi connectivity index (χ4v) is 3.99. The molecule has 0 radical (unpaired) electrons. The van der Waals surface area contributed by atoms with Gasteiger partial charge in [0.2, 0.25) is 0 Å². The van der Waals surface area contributed by atoms with Gasteiger partial charge in [0.05, 0.1) is 15.3 Å². The van der Waals surface area contributed by atoms with E-state index in [9.17, 15) is 13.2 Å². The van der Waals surface area contributed by atoms with Crippen LogP contribution in [0.2, 0.25) is 0 Å². The van der Waals surface area contributed by atoms with Gasteiger partial charge in [0.25, 0.3) is 0 Å². The molecule has 0 saturated heterocycles. The summed E-state index contributed by atoms with van der Waals surface area (Å²) in [5.74, 6) is 0.634. The van der Waals surface area contributed by atoms with Crippen LogP contribution in [0, 0.1) is 0 Å². The second-order valence-electron chi connectivity index (χ2n) is 4.70. The number of alkyl halides is 3. The van der Waals surface area contributed by atoms with Crippen LogP contribution in [0.15, 0.2) is 26.3 Å². The lowest BCUT2D eigenvalue weighted by molar-refractivity contribution is -0.140. The van der Waals surface area contributed by atoms with E-state index in [1.807, 2.05) is 19.1 Å². The fourth-order valence-electron chi connectivity index (χ4n) is 1.78. The minimum absolute atomic E-state index is 0.412. The summed E-state index contributed by atoms with van der Waals surface area (Å²) in [5, 5.41) is 7.72. The maximum Gasteiger partial charge on any atom is 0.434 e.